The molecule has 104 valence electrons. The fourth-order valence-corrected chi connectivity index (χ4v) is 2.16. The number of aromatic nitrogens is 1. The van der Waals surface area contributed by atoms with Crippen LogP contribution in [-0.2, 0) is 0 Å². The molecule has 0 atom stereocenters. The Balaban J connectivity index is 2.89. The van der Waals surface area contributed by atoms with Crippen molar-refractivity contribution in [3.8, 4) is 29.1 Å². The van der Waals surface area contributed by atoms with Gasteiger partial charge in [0.2, 0.25) is 5.88 Å². The first-order valence-corrected chi connectivity index (χ1v) is 6.46. The van der Waals surface area contributed by atoms with E-state index in [4.69, 9.17) is 10.5 Å². The number of nitrogens with zero attached hydrogens (tertiary/aromatic N) is 3. The van der Waals surface area contributed by atoms with Gasteiger partial charge in [0.05, 0.1) is 6.61 Å². The molecule has 2 N–H and O–H groups in total. The number of nitrogen functional groups attached to an aromatic ring is 1. The summed E-state index contributed by atoms with van der Waals surface area (Å²) in [7, 11) is 0. The van der Waals surface area contributed by atoms with E-state index in [-0.39, 0.29) is 22.8 Å². The van der Waals surface area contributed by atoms with Gasteiger partial charge in [-0.1, -0.05) is 24.3 Å². The Morgan fingerprint density at radius 2 is 1.86 bits per heavy atom. The van der Waals surface area contributed by atoms with Gasteiger partial charge in [0.1, 0.15) is 29.1 Å². The third-order valence-electron chi connectivity index (χ3n) is 3.11. The minimum atomic E-state index is 0.0678. The highest BCUT2D eigenvalue weighted by atomic mass is 16.5. The Bertz CT molecular complexity index is 769. The predicted octanol–water partition coefficient (Wildman–Crippen LogP) is 2.78. The summed E-state index contributed by atoms with van der Waals surface area (Å²) in [6.45, 7) is 4.07. The summed E-state index contributed by atoms with van der Waals surface area (Å²) in [5.74, 6) is 0.230. The summed E-state index contributed by atoms with van der Waals surface area (Å²) in [4.78, 5) is 4.03. The molecule has 0 bridgehead atoms. The van der Waals surface area contributed by atoms with Crippen molar-refractivity contribution in [3.05, 3.63) is 41.0 Å². The van der Waals surface area contributed by atoms with Crippen LogP contribution in [0.3, 0.4) is 0 Å². The molecule has 2 aromatic rings. The minimum absolute atomic E-state index is 0.0678. The molecule has 1 aromatic heterocycles. The highest BCUT2D eigenvalue weighted by molar-refractivity contribution is 5.83. The van der Waals surface area contributed by atoms with Crippen LogP contribution in [0.25, 0.3) is 11.1 Å². The normalized spacial score (nSPS) is 9.71. The van der Waals surface area contributed by atoms with Crippen molar-refractivity contribution >= 4 is 5.82 Å². The fourth-order valence-electron chi connectivity index (χ4n) is 2.16. The van der Waals surface area contributed by atoms with Gasteiger partial charge in [-0.3, -0.25) is 0 Å². The SMILES string of the molecule is CCOc1nc(N)c(C#N)c(-c2ccccc2C)c1C#N. The number of hydrogen-bond donors (Lipinski definition) is 1. The molecule has 1 heterocycles. The van der Waals surface area contributed by atoms with E-state index in [9.17, 15) is 10.5 Å². The maximum Gasteiger partial charge on any atom is 0.234 e. The van der Waals surface area contributed by atoms with Crippen molar-refractivity contribution in [3.63, 3.8) is 0 Å². The molecular formula is C16H14N4O. The number of nitriles is 2. The molecule has 1 aromatic carbocycles. The Morgan fingerprint density at radius 1 is 1.19 bits per heavy atom. The van der Waals surface area contributed by atoms with Crippen LogP contribution >= 0.6 is 0 Å². The van der Waals surface area contributed by atoms with E-state index in [0.29, 0.717) is 12.2 Å². The van der Waals surface area contributed by atoms with Crippen LogP contribution < -0.4 is 10.5 Å². The zero-order valence-electron chi connectivity index (χ0n) is 11.8. The van der Waals surface area contributed by atoms with Crippen LogP contribution in [0, 0.1) is 29.6 Å². The maximum absolute atomic E-state index is 9.47. The van der Waals surface area contributed by atoms with E-state index >= 15 is 0 Å². The number of nitrogens with two attached hydrogens (primary N) is 1. The molecule has 0 aliphatic rings. The monoisotopic (exact) mass is 278 g/mol. The molecule has 5 heteroatoms. The first kappa shape index (κ1) is 14.4. The van der Waals surface area contributed by atoms with Crippen molar-refractivity contribution < 1.29 is 4.74 Å². The number of benzene rings is 1. The van der Waals surface area contributed by atoms with Gasteiger partial charge < -0.3 is 10.5 Å². The highest BCUT2D eigenvalue weighted by Crippen LogP contribution is 2.36. The number of anilines is 1. The van der Waals surface area contributed by atoms with Gasteiger partial charge >= 0.3 is 0 Å². The average molecular weight is 278 g/mol. The predicted molar refractivity (Wildman–Crippen MR) is 79.4 cm³/mol. The second-order valence-corrected chi connectivity index (χ2v) is 4.40. The second-order valence-electron chi connectivity index (χ2n) is 4.40. The van der Waals surface area contributed by atoms with Crippen molar-refractivity contribution in [2.24, 2.45) is 0 Å². The third kappa shape index (κ3) is 2.50. The Morgan fingerprint density at radius 3 is 2.43 bits per heavy atom. The largest absolute Gasteiger partial charge is 0.477 e. The second kappa shape index (κ2) is 5.94. The molecule has 0 aliphatic carbocycles. The summed E-state index contributed by atoms with van der Waals surface area (Å²) in [6, 6.07) is 11.6. The molecule has 0 fully saturated rings. The highest BCUT2D eigenvalue weighted by Gasteiger charge is 2.21. The minimum Gasteiger partial charge on any atom is -0.477 e. The van der Waals surface area contributed by atoms with E-state index in [1.807, 2.05) is 37.3 Å². The molecule has 0 saturated carbocycles. The van der Waals surface area contributed by atoms with Gasteiger partial charge in [0.15, 0.2) is 0 Å². The molecule has 21 heavy (non-hydrogen) atoms. The Labute approximate surface area is 123 Å². The molecule has 0 radical (unpaired) electrons. The molecule has 0 saturated heterocycles. The molecule has 2 rings (SSSR count). The average Bonchev–Trinajstić information content (AvgIpc) is 2.47. The molecule has 0 amide bonds. The lowest BCUT2D eigenvalue weighted by Gasteiger charge is -2.14. The van der Waals surface area contributed by atoms with E-state index in [1.165, 1.54) is 0 Å². The van der Waals surface area contributed by atoms with Gasteiger partial charge in [-0.05, 0) is 25.0 Å². The van der Waals surface area contributed by atoms with Gasteiger partial charge in [0, 0.05) is 5.56 Å². The van der Waals surface area contributed by atoms with Gasteiger partial charge in [-0.15, -0.1) is 0 Å². The zero-order valence-corrected chi connectivity index (χ0v) is 11.8. The molecule has 0 spiro atoms. The fraction of sp³-hybridized carbons (Fsp3) is 0.188. The van der Waals surface area contributed by atoms with Gasteiger partial charge in [-0.2, -0.15) is 15.5 Å². The molecule has 5 nitrogen and oxygen atoms in total. The van der Waals surface area contributed by atoms with Crippen LogP contribution in [0.1, 0.15) is 23.6 Å². The van der Waals surface area contributed by atoms with Crippen LogP contribution in [0.2, 0.25) is 0 Å². The van der Waals surface area contributed by atoms with E-state index in [1.54, 1.807) is 6.92 Å². The van der Waals surface area contributed by atoms with Gasteiger partial charge in [0.25, 0.3) is 0 Å². The summed E-state index contributed by atoms with van der Waals surface area (Å²) in [5.41, 5.74) is 8.48. The molecular weight excluding hydrogens is 264 g/mol. The first-order valence-electron chi connectivity index (χ1n) is 6.46. The maximum atomic E-state index is 9.47. The van der Waals surface area contributed by atoms with Crippen LogP contribution in [0.4, 0.5) is 5.82 Å². The molecule has 0 unspecified atom stereocenters. The number of ether oxygens (including phenoxy) is 1. The van der Waals surface area contributed by atoms with Gasteiger partial charge in [-0.25, -0.2) is 0 Å². The van der Waals surface area contributed by atoms with Crippen molar-refractivity contribution in [1.82, 2.24) is 4.98 Å². The smallest absolute Gasteiger partial charge is 0.234 e. The summed E-state index contributed by atoms with van der Waals surface area (Å²) in [6.07, 6.45) is 0. The number of pyridine rings is 1. The lowest BCUT2D eigenvalue weighted by molar-refractivity contribution is 0.326. The Hall–Kier alpha value is -3.05. The lowest BCUT2D eigenvalue weighted by atomic mass is 9.93. The molecule has 0 aliphatic heterocycles. The van der Waals surface area contributed by atoms with Crippen LogP contribution in [0.5, 0.6) is 5.88 Å². The summed E-state index contributed by atoms with van der Waals surface area (Å²) < 4.78 is 5.39. The van der Waals surface area contributed by atoms with E-state index < -0.39 is 0 Å². The van der Waals surface area contributed by atoms with E-state index in [2.05, 4.69) is 11.1 Å². The van der Waals surface area contributed by atoms with E-state index in [0.717, 1.165) is 11.1 Å². The quantitative estimate of drug-likeness (QED) is 0.931. The van der Waals surface area contributed by atoms with Crippen LogP contribution in [-0.4, -0.2) is 11.6 Å². The summed E-state index contributed by atoms with van der Waals surface area (Å²) in [5, 5.41) is 18.8. The topological polar surface area (TPSA) is 95.7 Å². The third-order valence-corrected chi connectivity index (χ3v) is 3.11. The number of aryl methyl sites for hydroxylation is 1. The number of rotatable bonds is 3. The lowest BCUT2D eigenvalue weighted by Crippen LogP contribution is -2.06. The standard InChI is InChI=1S/C16H14N4O/c1-3-21-16-13(9-18)14(12(8-17)15(19)20-16)11-7-5-4-6-10(11)2/h4-7H,3H2,1-2H3,(H2,19,20). The summed E-state index contributed by atoms with van der Waals surface area (Å²) >= 11 is 0. The van der Waals surface area contributed by atoms with Crippen molar-refractivity contribution in [2.45, 2.75) is 13.8 Å². The van der Waals surface area contributed by atoms with Crippen molar-refractivity contribution in [2.75, 3.05) is 12.3 Å². The Kier molecular flexibility index (Phi) is 4.06. The van der Waals surface area contributed by atoms with Crippen LogP contribution in [0.15, 0.2) is 24.3 Å². The van der Waals surface area contributed by atoms with Crippen molar-refractivity contribution in [1.29, 1.82) is 10.5 Å². The zero-order chi connectivity index (χ0) is 15.4. The number of hydrogen-bond acceptors (Lipinski definition) is 5. The first-order chi connectivity index (χ1) is 10.1.